The molecule has 0 bridgehead atoms. The molecule has 0 aromatic carbocycles. The Labute approximate surface area is 126 Å². The Morgan fingerprint density at radius 3 is 2.80 bits per heavy atom. The highest BCUT2D eigenvalue weighted by atomic mass is 32.2. The van der Waals surface area contributed by atoms with Gasteiger partial charge in [0.2, 0.25) is 5.89 Å². The maximum Gasteiger partial charge on any atom is 0.231 e. The van der Waals surface area contributed by atoms with Crippen molar-refractivity contribution in [1.29, 1.82) is 0 Å². The SMILES string of the molecule is CCCNC(C)C(C)c1nc(CSC2CCCC2)no1. The monoisotopic (exact) mass is 297 g/mol. The molecule has 0 radical (unpaired) electrons. The van der Waals surface area contributed by atoms with Gasteiger partial charge in [0.05, 0.1) is 11.7 Å². The van der Waals surface area contributed by atoms with E-state index in [0.29, 0.717) is 6.04 Å². The lowest BCUT2D eigenvalue weighted by Gasteiger charge is -2.17. The Morgan fingerprint density at radius 2 is 2.10 bits per heavy atom. The molecular formula is C15H27N3OS. The van der Waals surface area contributed by atoms with Crippen molar-refractivity contribution in [2.24, 2.45) is 0 Å². The second-order valence-electron chi connectivity index (χ2n) is 5.80. The maximum absolute atomic E-state index is 5.43. The number of hydrogen-bond acceptors (Lipinski definition) is 5. The number of nitrogens with zero attached hydrogens (tertiary/aromatic N) is 2. The number of nitrogens with one attached hydrogen (secondary N) is 1. The summed E-state index contributed by atoms with van der Waals surface area (Å²) in [5.74, 6) is 2.77. The molecule has 1 saturated carbocycles. The van der Waals surface area contributed by atoms with E-state index in [0.717, 1.165) is 35.7 Å². The first kappa shape index (κ1) is 15.8. The van der Waals surface area contributed by atoms with Crippen molar-refractivity contribution < 1.29 is 4.52 Å². The van der Waals surface area contributed by atoms with E-state index in [4.69, 9.17) is 4.52 Å². The Bertz CT molecular complexity index is 390. The first-order valence-electron chi connectivity index (χ1n) is 7.88. The molecule has 0 saturated heterocycles. The first-order valence-corrected chi connectivity index (χ1v) is 8.93. The second-order valence-corrected chi connectivity index (χ2v) is 7.09. The highest BCUT2D eigenvalue weighted by molar-refractivity contribution is 7.99. The molecule has 1 aliphatic carbocycles. The zero-order valence-electron chi connectivity index (χ0n) is 12.9. The molecule has 2 rings (SSSR count). The molecule has 1 N–H and O–H groups in total. The molecule has 2 atom stereocenters. The fraction of sp³-hybridized carbons (Fsp3) is 0.867. The maximum atomic E-state index is 5.43. The van der Waals surface area contributed by atoms with Crippen LogP contribution in [0.1, 0.15) is 70.5 Å². The van der Waals surface area contributed by atoms with Gasteiger partial charge in [-0.2, -0.15) is 16.7 Å². The third-order valence-electron chi connectivity index (χ3n) is 4.09. The summed E-state index contributed by atoms with van der Waals surface area (Å²) in [6, 6.07) is 0.366. The minimum Gasteiger partial charge on any atom is -0.339 e. The van der Waals surface area contributed by atoms with Crippen LogP contribution in [0.15, 0.2) is 4.52 Å². The lowest BCUT2D eigenvalue weighted by molar-refractivity contribution is 0.329. The van der Waals surface area contributed by atoms with E-state index in [1.165, 1.54) is 25.7 Å². The lowest BCUT2D eigenvalue weighted by Crippen LogP contribution is -2.31. The smallest absolute Gasteiger partial charge is 0.231 e. The Hall–Kier alpha value is -0.550. The molecule has 1 aliphatic rings. The van der Waals surface area contributed by atoms with E-state index in [-0.39, 0.29) is 5.92 Å². The second kappa shape index (κ2) is 8.03. The lowest BCUT2D eigenvalue weighted by atomic mass is 10.0. The quantitative estimate of drug-likeness (QED) is 0.792. The molecule has 2 unspecified atom stereocenters. The first-order chi connectivity index (χ1) is 9.70. The Morgan fingerprint density at radius 1 is 1.35 bits per heavy atom. The van der Waals surface area contributed by atoms with Crippen LogP contribution in [0.4, 0.5) is 0 Å². The number of hydrogen-bond donors (Lipinski definition) is 1. The zero-order valence-corrected chi connectivity index (χ0v) is 13.7. The van der Waals surface area contributed by atoms with Gasteiger partial charge < -0.3 is 9.84 Å². The molecule has 20 heavy (non-hydrogen) atoms. The Kier molecular flexibility index (Phi) is 6.36. The average Bonchev–Trinajstić information content (AvgIpc) is 3.12. The predicted octanol–water partition coefficient (Wildman–Crippen LogP) is 3.74. The molecule has 0 aliphatic heterocycles. The zero-order chi connectivity index (χ0) is 14.4. The molecule has 0 amide bonds. The standard InChI is InChI=1S/C15H27N3OS/c1-4-9-16-12(3)11(2)15-17-14(18-19-15)10-20-13-7-5-6-8-13/h11-13,16H,4-10H2,1-3H3. The van der Waals surface area contributed by atoms with Crippen LogP contribution < -0.4 is 5.32 Å². The molecule has 0 spiro atoms. The number of thioether (sulfide) groups is 1. The van der Waals surface area contributed by atoms with Crippen LogP contribution in [0.3, 0.4) is 0 Å². The van der Waals surface area contributed by atoms with Crippen molar-refractivity contribution >= 4 is 11.8 Å². The van der Waals surface area contributed by atoms with E-state index < -0.39 is 0 Å². The summed E-state index contributed by atoms with van der Waals surface area (Å²) < 4.78 is 5.43. The van der Waals surface area contributed by atoms with Gasteiger partial charge in [0, 0.05) is 11.3 Å². The van der Waals surface area contributed by atoms with Gasteiger partial charge in [-0.1, -0.05) is 31.8 Å². The van der Waals surface area contributed by atoms with Crippen LogP contribution in [-0.2, 0) is 5.75 Å². The minimum absolute atomic E-state index is 0.263. The van der Waals surface area contributed by atoms with Crippen molar-refractivity contribution in [1.82, 2.24) is 15.5 Å². The van der Waals surface area contributed by atoms with E-state index in [1.54, 1.807) is 0 Å². The van der Waals surface area contributed by atoms with Crippen molar-refractivity contribution in [2.75, 3.05) is 6.54 Å². The summed E-state index contributed by atoms with van der Waals surface area (Å²) in [6.45, 7) is 7.53. The van der Waals surface area contributed by atoms with Gasteiger partial charge in [0.25, 0.3) is 0 Å². The molecule has 1 aromatic rings. The van der Waals surface area contributed by atoms with Crippen molar-refractivity contribution in [3.05, 3.63) is 11.7 Å². The van der Waals surface area contributed by atoms with E-state index in [1.807, 2.05) is 11.8 Å². The van der Waals surface area contributed by atoms with Gasteiger partial charge in [-0.3, -0.25) is 0 Å². The number of aromatic nitrogens is 2. The predicted molar refractivity (Wildman–Crippen MR) is 84.0 cm³/mol. The molecule has 1 fully saturated rings. The van der Waals surface area contributed by atoms with Gasteiger partial charge in [-0.25, -0.2) is 0 Å². The van der Waals surface area contributed by atoms with Gasteiger partial charge in [0.1, 0.15) is 0 Å². The average molecular weight is 297 g/mol. The van der Waals surface area contributed by atoms with Gasteiger partial charge in [-0.05, 0) is 32.7 Å². The Balaban J connectivity index is 1.81. The van der Waals surface area contributed by atoms with Crippen molar-refractivity contribution in [3.8, 4) is 0 Å². The summed E-state index contributed by atoms with van der Waals surface area (Å²) in [4.78, 5) is 4.56. The third-order valence-corrected chi connectivity index (χ3v) is 5.46. The van der Waals surface area contributed by atoms with Crippen LogP contribution in [0.25, 0.3) is 0 Å². The highest BCUT2D eigenvalue weighted by Gasteiger charge is 2.21. The van der Waals surface area contributed by atoms with Crippen LogP contribution >= 0.6 is 11.8 Å². The van der Waals surface area contributed by atoms with Crippen LogP contribution in [0.5, 0.6) is 0 Å². The van der Waals surface area contributed by atoms with Gasteiger partial charge >= 0.3 is 0 Å². The summed E-state index contributed by atoms with van der Waals surface area (Å²) in [5.41, 5.74) is 0. The van der Waals surface area contributed by atoms with Gasteiger partial charge in [-0.15, -0.1) is 0 Å². The third kappa shape index (κ3) is 4.48. The van der Waals surface area contributed by atoms with Crippen LogP contribution in [0, 0.1) is 0 Å². The van der Waals surface area contributed by atoms with E-state index in [9.17, 15) is 0 Å². The summed E-state index contributed by atoms with van der Waals surface area (Å²) in [6.07, 6.45) is 6.61. The van der Waals surface area contributed by atoms with E-state index >= 15 is 0 Å². The fourth-order valence-corrected chi connectivity index (χ4v) is 3.69. The molecule has 5 heteroatoms. The molecule has 114 valence electrons. The minimum atomic E-state index is 0.263. The summed E-state index contributed by atoms with van der Waals surface area (Å²) >= 11 is 1.98. The number of rotatable bonds is 8. The largest absolute Gasteiger partial charge is 0.339 e. The van der Waals surface area contributed by atoms with Crippen LogP contribution in [0.2, 0.25) is 0 Å². The molecule has 1 aromatic heterocycles. The molecular weight excluding hydrogens is 270 g/mol. The van der Waals surface area contributed by atoms with Crippen molar-refractivity contribution in [3.63, 3.8) is 0 Å². The van der Waals surface area contributed by atoms with Crippen molar-refractivity contribution in [2.45, 2.75) is 75.8 Å². The highest BCUT2D eigenvalue weighted by Crippen LogP contribution is 2.31. The summed E-state index contributed by atoms with van der Waals surface area (Å²) in [5, 5.41) is 8.41. The normalized spacial score (nSPS) is 19.4. The topological polar surface area (TPSA) is 51.0 Å². The fourth-order valence-electron chi connectivity index (χ4n) is 2.52. The van der Waals surface area contributed by atoms with E-state index in [2.05, 4.69) is 36.2 Å². The van der Waals surface area contributed by atoms with Crippen LogP contribution in [-0.4, -0.2) is 28.0 Å². The van der Waals surface area contributed by atoms with Gasteiger partial charge in [0.15, 0.2) is 5.82 Å². The summed E-state index contributed by atoms with van der Waals surface area (Å²) in [7, 11) is 0. The molecule has 1 heterocycles. The molecule has 4 nitrogen and oxygen atoms in total.